The highest BCUT2D eigenvalue weighted by atomic mass is 35.5. The van der Waals surface area contributed by atoms with Gasteiger partial charge in [0.2, 0.25) is 5.28 Å². The normalized spacial score (nSPS) is 11.0. The Balaban J connectivity index is 2.15. The van der Waals surface area contributed by atoms with Crippen LogP contribution < -0.4 is 0 Å². The zero-order valence-corrected chi connectivity index (χ0v) is 12.6. The van der Waals surface area contributed by atoms with Gasteiger partial charge < -0.3 is 0 Å². The fourth-order valence-electron chi connectivity index (χ4n) is 2.22. The molecule has 0 aliphatic carbocycles. The van der Waals surface area contributed by atoms with Gasteiger partial charge in [-0.05, 0) is 37.4 Å². The summed E-state index contributed by atoms with van der Waals surface area (Å²) in [6, 6.07) is 0. The Hall–Kier alpha value is -2.35. The summed E-state index contributed by atoms with van der Waals surface area (Å²) < 4.78 is 3.09. The fraction of sp³-hybridized carbons (Fsp3) is 0.333. The molecule has 9 heteroatoms. The maximum atomic E-state index is 5.98. The molecule has 3 aromatic heterocycles. The van der Waals surface area contributed by atoms with Gasteiger partial charge in [0.15, 0.2) is 0 Å². The van der Waals surface area contributed by atoms with Crippen molar-refractivity contribution < 1.29 is 0 Å². The third-order valence-corrected chi connectivity index (χ3v) is 3.36. The van der Waals surface area contributed by atoms with Gasteiger partial charge in [-0.3, -0.25) is 0 Å². The predicted molar refractivity (Wildman–Crippen MR) is 75.7 cm³/mol. The third kappa shape index (κ3) is 2.38. The molecule has 0 fully saturated rings. The largest absolute Gasteiger partial charge is 0.258 e. The van der Waals surface area contributed by atoms with Crippen molar-refractivity contribution in [1.82, 2.24) is 39.5 Å². The lowest BCUT2D eigenvalue weighted by Crippen LogP contribution is -2.11. The molecule has 0 aliphatic rings. The summed E-state index contributed by atoms with van der Waals surface area (Å²) in [5, 5.41) is 8.54. The molecule has 8 nitrogen and oxygen atoms in total. The average molecular weight is 305 g/mol. The van der Waals surface area contributed by atoms with E-state index in [0.29, 0.717) is 11.9 Å². The number of nitrogens with zero attached hydrogens (tertiary/aromatic N) is 8. The van der Waals surface area contributed by atoms with E-state index in [1.165, 1.54) is 22.9 Å². The second-order valence-electron chi connectivity index (χ2n) is 4.46. The van der Waals surface area contributed by atoms with Gasteiger partial charge in [-0.1, -0.05) is 6.92 Å². The molecule has 3 aromatic rings. The first kappa shape index (κ1) is 13.6. The molecule has 0 aromatic carbocycles. The Morgan fingerprint density at radius 3 is 2.52 bits per heavy atom. The minimum atomic E-state index is 0.0797. The van der Waals surface area contributed by atoms with Gasteiger partial charge in [0.05, 0.1) is 5.69 Å². The van der Waals surface area contributed by atoms with E-state index in [1.807, 2.05) is 13.8 Å². The van der Waals surface area contributed by atoms with E-state index in [9.17, 15) is 0 Å². The lowest BCUT2D eigenvalue weighted by molar-refractivity contribution is 0.727. The first-order valence-corrected chi connectivity index (χ1v) is 6.80. The van der Waals surface area contributed by atoms with Gasteiger partial charge in [0.1, 0.15) is 12.7 Å². The van der Waals surface area contributed by atoms with Gasteiger partial charge in [-0.25, -0.2) is 9.67 Å². The van der Waals surface area contributed by atoms with E-state index >= 15 is 0 Å². The van der Waals surface area contributed by atoms with Crippen LogP contribution in [0.4, 0.5) is 0 Å². The molecule has 0 saturated carbocycles. The van der Waals surface area contributed by atoms with Crippen LogP contribution in [0, 0.1) is 13.8 Å². The number of hydrogen-bond acceptors (Lipinski definition) is 6. The summed E-state index contributed by atoms with van der Waals surface area (Å²) in [6.45, 7) is 6.03. The summed E-state index contributed by atoms with van der Waals surface area (Å²) in [5.74, 6) is 0.661. The topological polar surface area (TPSA) is 87.2 Å². The molecule has 0 saturated heterocycles. The third-order valence-electron chi connectivity index (χ3n) is 3.19. The molecule has 3 heterocycles. The molecule has 0 radical (unpaired) electrons. The van der Waals surface area contributed by atoms with Crippen molar-refractivity contribution in [2.45, 2.75) is 27.2 Å². The van der Waals surface area contributed by atoms with E-state index < -0.39 is 0 Å². The standard InChI is InChI=1S/C12H13ClN8/c1-4-9-7(2)19-21(8(9)3)12-17-10(13)16-11(18-12)20-6-14-5-15-20/h5-6H,4H2,1-3H3. The van der Waals surface area contributed by atoms with E-state index in [4.69, 9.17) is 11.6 Å². The van der Waals surface area contributed by atoms with Gasteiger partial charge in [0.25, 0.3) is 11.9 Å². The van der Waals surface area contributed by atoms with Crippen molar-refractivity contribution >= 4 is 11.6 Å². The highest BCUT2D eigenvalue weighted by molar-refractivity contribution is 6.28. The monoisotopic (exact) mass is 304 g/mol. The van der Waals surface area contributed by atoms with Crippen LogP contribution in [0.1, 0.15) is 23.9 Å². The summed E-state index contributed by atoms with van der Waals surface area (Å²) in [4.78, 5) is 16.4. The second kappa shape index (κ2) is 5.21. The van der Waals surface area contributed by atoms with Crippen LogP contribution in [-0.2, 0) is 6.42 Å². The summed E-state index contributed by atoms with van der Waals surface area (Å²) >= 11 is 5.98. The van der Waals surface area contributed by atoms with Crippen LogP contribution in [0.25, 0.3) is 11.9 Å². The maximum Gasteiger partial charge on any atom is 0.258 e. The van der Waals surface area contributed by atoms with Crippen LogP contribution >= 0.6 is 11.6 Å². The molecule has 21 heavy (non-hydrogen) atoms. The molecule has 0 N–H and O–H groups in total. The molecule has 0 aliphatic heterocycles. The zero-order valence-electron chi connectivity index (χ0n) is 11.8. The predicted octanol–water partition coefficient (Wildman–Crippen LogP) is 1.47. The number of rotatable bonds is 3. The van der Waals surface area contributed by atoms with Gasteiger partial charge in [-0.15, -0.1) is 0 Å². The van der Waals surface area contributed by atoms with Crippen molar-refractivity contribution in [1.29, 1.82) is 0 Å². The molecule has 0 atom stereocenters. The lowest BCUT2D eigenvalue weighted by Gasteiger charge is -2.05. The molecule has 108 valence electrons. The van der Waals surface area contributed by atoms with Crippen LogP contribution in [0.2, 0.25) is 5.28 Å². The van der Waals surface area contributed by atoms with Gasteiger partial charge >= 0.3 is 0 Å². The van der Waals surface area contributed by atoms with Crippen molar-refractivity contribution in [3.05, 3.63) is 34.9 Å². The Morgan fingerprint density at radius 1 is 1.14 bits per heavy atom. The number of aromatic nitrogens is 8. The molecular weight excluding hydrogens is 292 g/mol. The summed E-state index contributed by atoms with van der Waals surface area (Å²) in [6.07, 6.45) is 3.79. The van der Waals surface area contributed by atoms with E-state index in [0.717, 1.165) is 17.8 Å². The number of halogens is 1. The van der Waals surface area contributed by atoms with Gasteiger partial charge in [-0.2, -0.15) is 29.8 Å². The minimum absolute atomic E-state index is 0.0797. The maximum absolute atomic E-state index is 5.98. The van der Waals surface area contributed by atoms with Crippen LogP contribution in [0.3, 0.4) is 0 Å². The first-order chi connectivity index (χ1) is 10.1. The summed E-state index contributed by atoms with van der Waals surface area (Å²) in [5.41, 5.74) is 3.12. The van der Waals surface area contributed by atoms with Crippen molar-refractivity contribution in [2.24, 2.45) is 0 Å². The Labute approximate surface area is 125 Å². The molecule has 3 rings (SSSR count). The van der Waals surface area contributed by atoms with Crippen LogP contribution in [-0.4, -0.2) is 39.5 Å². The lowest BCUT2D eigenvalue weighted by atomic mass is 10.1. The zero-order chi connectivity index (χ0) is 15.0. The molecule has 0 amide bonds. The quantitative estimate of drug-likeness (QED) is 0.728. The van der Waals surface area contributed by atoms with Crippen LogP contribution in [0.15, 0.2) is 12.7 Å². The molecule has 0 spiro atoms. The van der Waals surface area contributed by atoms with Crippen molar-refractivity contribution in [2.75, 3.05) is 0 Å². The minimum Gasteiger partial charge on any atom is -0.223 e. The Bertz CT molecular complexity index is 777. The van der Waals surface area contributed by atoms with E-state index in [-0.39, 0.29) is 5.28 Å². The first-order valence-electron chi connectivity index (χ1n) is 6.42. The summed E-state index contributed by atoms with van der Waals surface area (Å²) in [7, 11) is 0. The average Bonchev–Trinajstić information content (AvgIpc) is 3.07. The fourth-order valence-corrected chi connectivity index (χ4v) is 2.37. The highest BCUT2D eigenvalue weighted by Crippen LogP contribution is 2.17. The molecule has 0 bridgehead atoms. The highest BCUT2D eigenvalue weighted by Gasteiger charge is 2.15. The second-order valence-corrected chi connectivity index (χ2v) is 4.80. The van der Waals surface area contributed by atoms with E-state index in [2.05, 4.69) is 37.1 Å². The molecule has 0 unspecified atom stereocenters. The van der Waals surface area contributed by atoms with Crippen molar-refractivity contribution in [3.63, 3.8) is 0 Å². The smallest absolute Gasteiger partial charge is 0.223 e. The van der Waals surface area contributed by atoms with Crippen LogP contribution in [0.5, 0.6) is 0 Å². The van der Waals surface area contributed by atoms with E-state index in [1.54, 1.807) is 4.68 Å². The van der Waals surface area contributed by atoms with Crippen molar-refractivity contribution in [3.8, 4) is 11.9 Å². The number of hydrogen-bond donors (Lipinski definition) is 0. The SMILES string of the molecule is CCc1c(C)nn(-c2nc(Cl)nc(-n3cncn3)n2)c1C. The molecular formula is C12H13ClN8. The Morgan fingerprint density at radius 2 is 1.90 bits per heavy atom. The number of aryl methyl sites for hydroxylation is 1. The van der Waals surface area contributed by atoms with Gasteiger partial charge in [0, 0.05) is 5.69 Å². The Kier molecular flexibility index (Phi) is 3.38.